The summed E-state index contributed by atoms with van der Waals surface area (Å²) in [5.41, 5.74) is 0.803. The Kier molecular flexibility index (Phi) is 5.51. The molecule has 128 valence electrons. The first-order valence-electron chi connectivity index (χ1n) is 8.45. The predicted molar refractivity (Wildman–Crippen MR) is 94.3 cm³/mol. The molecule has 0 aromatic heterocycles. The van der Waals surface area contributed by atoms with Crippen LogP contribution in [0.5, 0.6) is 5.75 Å². The number of nitrogens with zero attached hydrogens (tertiary/aromatic N) is 1. The van der Waals surface area contributed by atoms with Gasteiger partial charge in [-0.2, -0.15) is 0 Å². The Balaban J connectivity index is 1.85. The molecule has 0 amide bonds. The molecule has 0 radical (unpaired) electrons. The molecule has 0 bridgehead atoms. The SMILES string of the molecule is COc1ccc([C@@](O)(CCN2CCOCC2)c2ccccc2)cc1. The van der Waals surface area contributed by atoms with Crippen LogP contribution >= 0.6 is 0 Å². The molecule has 1 atom stereocenters. The first-order valence-corrected chi connectivity index (χ1v) is 8.45. The first-order chi connectivity index (χ1) is 11.7. The second kappa shape index (κ2) is 7.79. The zero-order valence-electron chi connectivity index (χ0n) is 14.1. The molecule has 24 heavy (non-hydrogen) atoms. The van der Waals surface area contributed by atoms with E-state index in [2.05, 4.69) is 4.90 Å². The molecule has 4 nitrogen and oxygen atoms in total. The molecule has 0 saturated carbocycles. The lowest BCUT2D eigenvalue weighted by Gasteiger charge is -2.33. The van der Waals surface area contributed by atoms with Crippen molar-refractivity contribution in [1.82, 2.24) is 4.90 Å². The van der Waals surface area contributed by atoms with Gasteiger partial charge in [0.2, 0.25) is 0 Å². The van der Waals surface area contributed by atoms with E-state index >= 15 is 0 Å². The fourth-order valence-electron chi connectivity index (χ4n) is 3.18. The van der Waals surface area contributed by atoms with Crippen molar-refractivity contribution in [3.05, 3.63) is 65.7 Å². The van der Waals surface area contributed by atoms with Crippen LogP contribution in [0.25, 0.3) is 0 Å². The van der Waals surface area contributed by atoms with Gasteiger partial charge in [0.1, 0.15) is 11.4 Å². The predicted octanol–water partition coefficient (Wildman–Crippen LogP) is 2.65. The molecule has 1 saturated heterocycles. The molecular formula is C20H25NO3. The van der Waals surface area contributed by atoms with Gasteiger partial charge in [0.15, 0.2) is 0 Å². The van der Waals surface area contributed by atoms with Crippen LogP contribution in [0, 0.1) is 0 Å². The Hall–Kier alpha value is -1.88. The van der Waals surface area contributed by atoms with Crippen molar-refractivity contribution in [2.24, 2.45) is 0 Å². The van der Waals surface area contributed by atoms with Gasteiger partial charge in [0, 0.05) is 19.6 Å². The van der Waals surface area contributed by atoms with Crippen molar-refractivity contribution < 1.29 is 14.6 Å². The van der Waals surface area contributed by atoms with Crippen molar-refractivity contribution >= 4 is 0 Å². The minimum Gasteiger partial charge on any atom is -0.497 e. The minimum atomic E-state index is -1.01. The summed E-state index contributed by atoms with van der Waals surface area (Å²) in [6, 6.07) is 17.6. The van der Waals surface area contributed by atoms with Crippen LogP contribution in [-0.2, 0) is 10.3 Å². The lowest BCUT2D eigenvalue weighted by atomic mass is 9.83. The fraction of sp³-hybridized carbons (Fsp3) is 0.400. The van der Waals surface area contributed by atoms with Crippen LogP contribution in [-0.4, -0.2) is 50.0 Å². The van der Waals surface area contributed by atoms with Crippen LogP contribution in [0.1, 0.15) is 17.5 Å². The number of methoxy groups -OCH3 is 1. The molecule has 1 fully saturated rings. The average Bonchev–Trinajstić information content (AvgIpc) is 2.68. The maximum absolute atomic E-state index is 11.5. The summed E-state index contributed by atoms with van der Waals surface area (Å²) in [7, 11) is 1.65. The summed E-state index contributed by atoms with van der Waals surface area (Å²) >= 11 is 0. The third-order valence-corrected chi connectivity index (χ3v) is 4.71. The lowest BCUT2D eigenvalue weighted by molar-refractivity contribution is 0.0143. The van der Waals surface area contributed by atoms with Gasteiger partial charge in [0.25, 0.3) is 0 Å². The molecule has 0 spiro atoms. The van der Waals surface area contributed by atoms with E-state index in [9.17, 15) is 5.11 Å². The summed E-state index contributed by atoms with van der Waals surface area (Å²) in [6.45, 7) is 4.22. The molecule has 1 aliphatic rings. The number of hydrogen-bond donors (Lipinski definition) is 1. The third-order valence-electron chi connectivity index (χ3n) is 4.71. The van der Waals surface area contributed by atoms with Crippen molar-refractivity contribution in [2.45, 2.75) is 12.0 Å². The van der Waals surface area contributed by atoms with Crippen LogP contribution in [0.15, 0.2) is 54.6 Å². The lowest BCUT2D eigenvalue weighted by Crippen LogP contribution is -2.40. The summed E-state index contributed by atoms with van der Waals surface area (Å²) in [5, 5.41) is 11.5. The third kappa shape index (κ3) is 3.78. The van der Waals surface area contributed by atoms with Gasteiger partial charge < -0.3 is 14.6 Å². The summed E-state index contributed by atoms with van der Waals surface area (Å²) in [4.78, 5) is 2.35. The molecule has 1 heterocycles. The number of hydrogen-bond acceptors (Lipinski definition) is 4. The molecule has 0 aliphatic carbocycles. The number of morpholine rings is 1. The molecule has 2 aromatic rings. The minimum absolute atomic E-state index is 0.642. The van der Waals surface area contributed by atoms with E-state index in [0.717, 1.165) is 49.7 Å². The van der Waals surface area contributed by atoms with Crippen molar-refractivity contribution in [2.75, 3.05) is 40.0 Å². The molecular weight excluding hydrogens is 302 g/mol. The largest absolute Gasteiger partial charge is 0.497 e. The van der Waals surface area contributed by atoms with E-state index in [0.29, 0.717) is 6.42 Å². The zero-order chi connectivity index (χ0) is 16.8. The summed E-state index contributed by atoms with van der Waals surface area (Å²) in [6.07, 6.45) is 0.642. The maximum Gasteiger partial charge on any atom is 0.118 e. The highest BCUT2D eigenvalue weighted by molar-refractivity contribution is 5.38. The number of benzene rings is 2. The van der Waals surface area contributed by atoms with Gasteiger partial charge in [0.05, 0.1) is 20.3 Å². The molecule has 2 aromatic carbocycles. The van der Waals surface area contributed by atoms with Crippen LogP contribution in [0.3, 0.4) is 0 Å². The summed E-state index contributed by atoms with van der Waals surface area (Å²) < 4.78 is 10.6. The molecule has 1 aliphatic heterocycles. The standard InChI is InChI=1S/C20H25NO3/c1-23-19-9-7-18(8-10-19)20(22,17-5-3-2-4-6-17)11-12-21-13-15-24-16-14-21/h2-10,22H,11-16H2,1H3/t20-/m1/s1. The second-order valence-electron chi connectivity index (χ2n) is 6.16. The monoisotopic (exact) mass is 327 g/mol. The van der Waals surface area contributed by atoms with Crippen molar-refractivity contribution in [3.63, 3.8) is 0 Å². The van der Waals surface area contributed by atoms with Crippen molar-refractivity contribution in [3.8, 4) is 5.75 Å². The van der Waals surface area contributed by atoms with Crippen molar-refractivity contribution in [1.29, 1.82) is 0 Å². The normalized spacial score (nSPS) is 18.1. The van der Waals surface area contributed by atoms with Crippen LogP contribution < -0.4 is 4.74 Å². The van der Waals surface area contributed by atoms with E-state index < -0.39 is 5.60 Å². The van der Waals surface area contributed by atoms with Gasteiger partial charge in [-0.15, -0.1) is 0 Å². The van der Waals surface area contributed by atoms with E-state index in [1.807, 2.05) is 54.6 Å². The topological polar surface area (TPSA) is 41.9 Å². The Morgan fingerprint density at radius 3 is 2.25 bits per heavy atom. The van der Waals surface area contributed by atoms with Crippen LogP contribution in [0.2, 0.25) is 0 Å². The number of aliphatic hydroxyl groups is 1. The smallest absolute Gasteiger partial charge is 0.118 e. The van der Waals surface area contributed by atoms with Gasteiger partial charge in [-0.1, -0.05) is 42.5 Å². The molecule has 3 rings (SSSR count). The summed E-state index contributed by atoms with van der Waals surface area (Å²) in [5.74, 6) is 0.794. The fourth-order valence-corrected chi connectivity index (χ4v) is 3.18. The highest BCUT2D eigenvalue weighted by Gasteiger charge is 2.32. The van der Waals surface area contributed by atoms with Gasteiger partial charge >= 0.3 is 0 Å². The number of rotatable bonds is 6. The Labute approximate surface area is 143 Å². The molecule has 1 N–H and O–H groups in total. The highest BCUT2D eigenvalue weighted by Crippen LogP contribution is 2.34. The van der Waals surface area contributed by atoms with Gasteiger partial charge in [-0.25, -0.2) is 0 Å². The highest BCUT2D eigenvalue weighted by atomic mass is 16.5. The van der Waals surface area contributed by atoms with E-state index in [-0.39, 0.29) is 0 Å². The van der Waals surface area contributed by atoms with Crippen LogP contribution in [0.4, 0.5) is 0 Å². The Morgan fingerprint density at radius 1 is 1.00 bits per heavy atom. The first kappa shape index (κ1) is 17.0. The van der Waals surface area contributed by atoms with Gasteiger partial charge in [-0.3, -0.25) is 4.90 Å². The van der Waals surface area contributed by atoms with E-state index in [1.54, 1.807) is 7.11 Å². The molecule has 4 heteroatoms. The Bertz CT molecular complexity index is 623. The Morgan fingerprint density at radius 2 is 1.62 bits per heavy atom. The molecule has 0 unspecified atom stereocenters. The second-order valence-corrected chi connectivity index (χ2v) is 6.16. The quantitative estimate of drug-likeness (QED) is 0.886. The van der Waals surface area contributed by atoms with E-state index in [1.165, 1.54) is 0 Å². The maximum atomic E-state index is 11.5. The van der Waals surface area contributed by atoms with Gasteiger partial charge in [-0.05, 0) is 29.7 Å². The zero-order valence-corrected chi connectivity index (χ0v) is 14.1. The van der Waals surface area contributed by atoms with E-state index in [4.69, 9.17) is 9.47 Å². The number of ether oxygens (including phenoxy) is 2. The average molecular weight is 327 g/mol.